The molecule has 0 aliphatic heterocycles. The number of hydrogen-bond acceptors (Lipinski definition) is 5. The van der Waals surface area contributed by atoms with Gasteiger partial charge in [0.25, 0.3) is 0 Å². The molecule has 0 spiro atoms. The average Bonchev–Trinajstić information content (AvgIpc) is 2.98. The SMILES string of the molecule is CCOc1cc(/C=N\Nc2nc3ccccc3[nH]2)cc(I)c1OC. The van der Waals surface area contributed by atoms with E-state index in [4.69, 9.17) is 9.47 Å². The largest absolute Gasteiger partial charge is 0.492 e. The molecular weight excluding hydrogens is 419 g/mol. The molecule has 124 valence electrons. The first kappa shape index (κ1) is 16.6. The molecule has 1 aromatic heterocycles. The van der Waals surface area contributed by atoms with Crippen molar-refractivity contribution in [3.8, 4) is 11.5 Å². The van der Waals surface area contributed by atoms with Gasteiger partial charge in [-0.2, -0.15) is 5.10 Å². The summed E-state index contributed by atoms with van der Waals surface area (Å²) in [4.78, 5) is 7.57. The lowest BCUT2D eigenvalue weighted by atomic mass is 10.2. The van der Waals surface area contributed by atoms with E-state index in [1.807, 2.05) is 43.3 Å². The minimum atomic E-state index is 0.574. The standard InChI is InChI=1S/C17H17IN4O2/c1-3-24-15-9-11(8-12(18)16(15)23-2)10-19-22-17-20-13-6-4-5-7-14(13)21-17/h4-10H,3H2,1-2H3,(H2,20,21,22)/b19-10-. The minimum absolute atomic E-state index is 0.574. The topological polar surface area (TPSA) is 71.5 Å². The Hall–Kier alpha value is -2.29. The van der Waals surface area contributed by atoms with Crippen molar-refractivity contribution in [3.05, 3.63) is 45.5 Å². The highest BCUT2D eigenvalue weighted by atomic mass is 127. The molecule has 6 nitrogen and oxygen atoms in total. The number of rotatable bonds is 6. The van der Waals surface area contributed by atoms with Gasteiger partial charge in [-0.15, -0.1) is 0 Å². The molecule has 1 heterocycles. The van der Waals surface area contributed by atoms with E-state index in [0.717, 1.165) is 25.9 Å². The Morgan fingerprint density at radius 2 is 2.17 bits per heavy atom. The van der Waals surface area contributed by atoms with Crippen molar-refractivity contribution in [2.45, 2.75) is 6.92 Å². The van der Waals surface area contributed by atoms with Crippen LogP contribution in [0.15, 0.2) is 41.5 Å². The van der Waals surface area contributed by atoms with Gasteiger partial charge in [0.15, 0.2) is 11.5 Å². The second kappa shape index (κ2) is 7.52. The Morgan fingerprint density at radius 3 is 2.92 bits per heavy atom. The average molecular weight is 436 g/mol. The Balaban J connectivity index is 1.78. The van der Waals surface area contributed by atoms with Gasteiger partial charge in [0.1, 0.15) is 0 Å². The summed E-state index contributed by atoms with van der Waals surface area (Å²) in [5, 5.41) is 4.24. The maximum Gasteiger partial charge on any atom is 0.222 e. The number of aromatic nitrogens is 2. The molecule has 2 aromatic carbocycles. The van der Waals surface area contributed by atoms with Gasteiger partial charge >= 0.3 is 0 Å². The number of aromatic amines is 1. The van der Waals surface area contributed by atoms with Crippen LogP contribution in [0.4, 0.5) is 5.95 Å². The zero-order valence-corrected chi connectivity index (χ0v) is 15.5. The minimum Gasteiger partial charge on any atom is -0.492 e. The number of H-pyrrole nitrogens is 1. The third-order valence-corrected chi connectivity index (χ3v) is 4.11. The van der Waals surface area contributed by atoms with Gasteiger partial charge in [0, 0.05) is 0 Å². The van der Waals surface area contributed by atoms with Crippen molar-refractivity contribution >= 4 is 45.8 Å². The van der Waals surface area contributed by atoms with Gasteiger partial charge < -0.3 is 14.5 Å². The van der Waals surface area contributed by atoms with Crippen molar-refractivity contribution < 1.29 is 9.47 Å². The third-order valence-electron chi connectivity index (χ3n) is 3.31. The number of nitrogens with one attached hydrogen (secondary N) is 2. The number of anilines is 1. The van der Waals surface area contributed by atoms with Crippen molar-refractivity contribution in [2.75, 3.05) is 19.1 Å². The number of methoxy groups -OCH3 is 1. The number of fused-ring (bicyclic) bond motifs is 1. The molecule has 7 heteroatoms. The van der Waals surface area contributed by atoms with E-state index in [0.29, 0.717) is 18.3 Å². The first-order valence-electron chi connectivity index (χ1n) is 7.45. The first-order valence-corrected chi connectivity index (χ1v) is 8.53. The van der Waals surface area contributed by atoms with Crippen LogP contribution in [-0.2, 0) is 0 Å². The number of para-hydroxylation sites is 2. The van der Waals surface area contributed by atoms with Crippen molar-refractivity contribution in [2.24, 2.45) is 5.10 Å². The maximum absolute atomic E-state index is 5.62. The van der Waals surface area contributed by atoms with Crippen LogP contribution in [0.2, 0.25) is 0 Å². The van der Waals surface area contributed by atoms with Crippen LogP contribution in [0.1, 0.15) is 12.5 Å². The fourth-order valence-electron chi connectivity index (χ4n) is 2.30. The number of nitrogens with zero attached hydrogens (tertiary/aromatic N) is 2. The van der Waals surface area contributed by atoms with E-state index < -0.39 is 0 Å². The smallest absolute Gasteiger partial charge is 0.222 e. The second-order valence-corrected chi connectivity index (χ2v) is 6.10. The number of imidazole rings is 1. The second-order valence-electron chi connectivity index (χ2n) is 4.94. The van der Waals surface area contributed by atoms with Gasteiger partial charge in [-0.25, -0.2) is 10.4 Å². The summed E-state index contributed by atoms with van der Waals surface area (Å²) in [7, 11) is 1.64. The van der Waals surface area contributed by atoms with E-state index in [2.05, 4.69) is 43.1 Å². The molecule has 0 fully saturated rings. The predicted octanol–water partition coefficient (Wildman–Crippen LogP) is 4.02. The Kier molecular flexibility index (Phi) is 5.19. The summed E-state index contributed by atoms with van der Waals surface area (Å²) in [5.41, 5.74) is 5.68. The number of ether oxygens (including phenoxy) is 2. The number of halogens is 1. The lowest BCUT2D eigenvalue weighted by Gasteiger charge is -2.11. The normalized spacial score (nSPS) is 11.1. The molecule has 0 atom stereocenters. The fourth-order valence-corrected chi connectivity index (χ4v) is 3.14. The molecule has 2 N–H and O–H groups in total. The van der Waals surface area contributed by atoms with E-state index in [1.54, 1.807) is 13.3 Å². The molecule has 0 radical (unpaired) electrons. The highest BCUT2D eigenvalue weighted by Gasteiger charge is 2.10. The molecule has 0 aliphatic carbocycles. The van der Waals surface area contributed by atoms with Crippen LogP contribution >= 0.6 is 22.6 Å². The Labute approximate surface area is 153 Å². The van der Waals surface area contributed by atoms with Gasteiger partial charge in [-0.05, 0) is 59.3 Å². The van der Waals surface area contributed by atoms with E-state index >= 15 is 0 Å². The summed E-state index contributed by atoms with van der Waals surface area (Å²) in [6.45, 7) is 2.51. The van der Waals surface area contributed by atoms with Gasteiger partial charge in [0.2, 0.25) is 5.95 Å². The monoisotopic (exact) mass is 436 g/mol. The maximum atomic E-state index is 5.62. The van der Waals surface area contributed by atoms with Crippen LogP contribution in [0, 0.1) is 3.57 Å². The van der Waals surface area contributed by atoms with E-state index in [1.165, 1.54) is 0 Å². The summed E-state index contributed by atoms with van der Waals surface area (Å²) in [5.74, 6) is 2.04. The van der Waals surface area contributed by atoms with Gasteiger partial charge in [0.05, 0.1) is 34.5 Å². The van der Waals surface area contributed by atoms with Crippen molar-refractivity contribution in [1.29, 1.82) is 0 Å². The first-order chi connectivity index (χ1) is 11.7. The Bertz CT molecular complexity index is 843. The van der Waals surface area contributed by atoms with Gasteiger partial charge in [-0.3, -0.25) is 0 Å². The summed E-state index contributed by atoms with van der Waals surface area (Å²) < 4.78 is 12.0. The molecule has 0 aliphatic rings. The predicted molar refractivity (Wildman–Crippen MR) is 104 cm³/mol. The summed E-state index contributed by atoms with van der Waals surface area (Å²) in [6.07, 6.45) is 1.72. The zero-order chi connectivity index (χ0) is 16.9. The summed E-state index contributed by atoms with van der Waals surface area (Å²) >= 11 is 2.22. The molecule has 24 heavy (non-hydrogen) atoms. The van der Waals surface area contributed by atoms with Crippen LogP contribution in [0.3, 0.4) is 0 Å². The number of hydrogen-bond donors (Lipinski definition) is 2. The zero-order valence-electron chi connectivity index (χ0n) is 13.3. The highest BCUT2D eigenvalue weighted by molar-refractivity contribution is 14.1. The molecule has 3 rings (SSSR count). The van der Waals surface area contributed by atoms with Crippen molar-refractivity contribution in [3.63, 3.8) is 0 Å². The van der Waals surface area contributed by atoms with Gasteiger partial charge in [-0.1, -0.05) is 12.1 Å². The molecule has 0 unspecified atom stereocenters. The molecular formula is C17H17IN4O2. The van der Waals surface area contributed by atoms with E-state index in [-0.39, 0.29) is 0 Å². The van der Waals surface area contributed by atoms with Crippen LogP contribution in [0.5, 0.6) is 11.5 Å². The lowest BCUT2D eigenvalue weighted by molar-refractivity contribution is 0.309. The molecule has 0 bridgehead atoms. The van der Waals surface area contributed by atoms with Crippen LogP contribution < -0.4 is 14.9 Å². The van der Waals surface area contributed by atoms with E-state index in [9.17, 15) is 0 Å². The summed E-state index contributed by atoms with van der Waals surface area (Å²) in [6, 6.07) is 11.7. The number of benzene rings is 2. The van der Waals surface area contributed by atoms with Crippen molar-refractivity contribution in [1.82, 2.24) is 9.97 Å². The quantitative estimate of drug-likeness (QED) is 0.348. The lowest BCUT2D eigenvalue weighted by Crippen LogP contribution is -1.99. The molecule has 0 saturated heterocycles. The van der Waals surface area contributed by atoms with Crippen LogP contribution in [-0.4, -0.2) is 29.9 Å². The molecule has 0 amide bonds. The molecule has 3 aromatic rings. The number of hydrazone groups is 1. The van der Waals surface area contributed by atoms with Crippen LogP contribution in [0.25, 0.3) is 11.0 Å². The fraction of sp³-hybridized carbons (Fsp3) is 0.176. The Morgan fingerprint density at radius 1 is 1.33 bits per heavy atom. The third kappa shape index (κ3) is 3.61. The molecule has 0 saturated carbocycles. The highest BCUT2D eigenvalue weighted by Crippen LogP contribution is 2.33.